The van der Waals surface area contributed by atoms with E-state index in [4.69, 9.17) is 11.6 Å². The van der Waals surface area contributed by atoms with Crippen molar-refractivity contribution in [1.82, 2.24) is 0 Å². The van der Waals surface area contributed by atoms with Gasteiger partial charge in [0, 0.05) is 5.02 Å². The van der Waals surface area contributed by atoms with Crippen molar-refractivity contribution >= 4 is 11.6 Å². The van der Waals surface area contributed by atoms with Crippen molar-refractivity contribution in [2.75, 3.05) is 0 Å². The van der Waals surface area contributed by atoms with Gasteiger partial charge in [-0.2, -0.15) is 0 Å². The Kier molecular flexibility index (Phi) is 3.26. The van der Waals surface area contributed by atoms with Gasteiger partial charge in [-0.3, -0.25) is 0 Å². The highest BCUT2D eigenvalue weighted by molar-refractivity contribution is 6.30. The Hall–Kier alpha value is -1.27. The van der Waals surface area contributed by atoms with Crippen LogP contribution in [0.4, 0.5) is 0 Å². The Balaban J connectivity index is 2.43. The molecule has 0 N–H and O–H groups in total. The van der Waals surface area contributed by atoms with E-state index >= 15 is 0 Å². The Morgan fingerprint density at radius 2 is 1.65 bits per heavy atom. The van der Waals surface area contributed by atoms with E-state index in [-0.39, 0.29) is 5.41 Å². The molecule has 2 aromatic rings. The first-order valence-corrected chi connectivity index (χ1v) is 6.13. The molecule has 0 spiro atoms. The van der Waals surface area contributed by atoms with Gasteiger partial charge < -0.3 is 0 Å². The molecule has 2 rings (SSSR count). The minimum absolute atomic E-state index is 0.163. The van der Waals surface area contributed by atoms with Gasteiger partial charge >= 0.3 is 0 Å². The number of hydrogen-bond acceptors (Lipinski definition) is 0. The van der Waals surface area contributed by atoms with Crippen molar-refractivity contribution < 1.29 is 0 Å². The van der Waals surface area contributed by atoms with Gasteiger partial charge in [-0.25, -0.2) is 0 Å². The molecule has 0 aromatic heterocycles. The van der Waals surface area contributed by atoms with Crippen molar-refractivity contribution in [1.29, 1.82) is 0 Å². The molecule has 1 heteroatoms. The normalized spacial score (nSPS) is 11.5. The van der Waals surface area contributed by atoms with Crippen molar-refractivity contribution in [2.45, 2.75) is 26.2 Å². The van der Waals surface area contributed by atoms with E-state index in [1.165, 1.54) is 5.56 Å². The summed E-state index contributed by atoms with van der Waals surface area (Å²) < 4.78 is 0. The van der Waals surface area contributed by atoms with Gasteiger partial charge in [-0.15, -0.1) is 0 Å². The Morgan fingerprint density at radius 3 is 2.24 bits per heavy atom. The summed E-state index contributed by atoms with van der Waals surface area (Å²) in [6, 6.07) is 17.5. The van der Waals surface area contributed by atoms with Crippen LogP contribution in [-0.2, 0) is 5.41 Å². The quantitative estimate of drug-likeness (QED) is 0.653. The van der Waals surface area contributed by atoms with E-state index in [1.54, 1.807) is 0 Å². The van der Waals surface area contributed by atoms with Crippen molar-refractivity contribution in [3.8, 4) is 11.1 Å². The van der Waals surface area contributed by atoms with Crippen molar-refractivity contribution in [2.24, 2.45) is 0 Å². The van der Waals surface area contributed by atoms with Crippen LogP contribution in [0.25, 0.3) is 11.1 Å². The van der Waals surface area contributed by atoms with Gasteiger partial charge in [0.05, 0.1) is 0 Å². The highest BCUT2D eigenvalue weighted by Crippen LogP contribution is 2.27. The molecule has 0 bridgehead atoms. The average Bonchev–Trinajstić information content (AvgIpc) is 2.29. The van der Waals surface area contributed by atoms with Crippen LogP contribution < -0.4 is 0 Å². The third kappa shape index (κ3) is 2.89. The molecule has 2 aromatic carbocycles. The van der Waals surface area contributed by atoms with E-state index in [1.807, 2.05) is 30.3 Å². The fourth-order valence-corrected chi connectivity index (χ4v) is 1.86. The maximum atomic E-state index is 5.89. The SMILES string of the molecule is CC(C)(C)c1cc[c]c(-c2ccc(Cl)cc2)c1. The van der Waals surface area contributed by atoms with Crippen LogP contribution in [-0.4, -0.2) is 0 Å². The lowest BCUT2D eigenvalue weighted by atomic mass is 9.85. The van der Waals surface area contributed by atoms with Crippen LogP contribution in [0.3, 0.4) is 0 Å². The zero-order chi connectivity index (χ0) is 12.5. The molecule has 0 aliphatic rings. The highest BCUT2D eigenvalue weighted by Gasteiger charge is 2.13. The standard InChI is InChI=1S/C16H16Cl/c1-16(2,3)14-6-4-5-13(11-14)12-7-9-15(17)10-8-12/h4,6-11H,1-3H3. The summed E-state index contributed by atoms with van der Waals surface area (Å²) >= 11 is 5.89. The predicted molar refractivity (Wildman–Crippen MR) is 74.4 cm³/mol. The summed E-state index contributed by atoms with van der Waals surface area (Å²) in [4.78, 5) is 0. The van der Waals surface area contributed by atoms with E-state index < -0.39 is 0 Å². The lowest BCUT2D eigenvalue weighted by molar-refractivity contribution is 0.590. The summed E-state index contributed by atoms with van der Waals surface area (Å²) in [7, 11) is 0. The van der Waals surface area contributed by atoms with Gasteiger partial charge in [-0.05, 0) is 40.3 Å². The molecular formula is C16H16Cl. The zero-order valence-corrected chi connectivity index (χ0v) is 11.2. The maximum Gasteiger partial charge on any atom is 0.0406 e. The molecule has 0 saturated carbocycles. The summed E-state index contributed by atoms with van der Waals surface area (Å²) in [5, 5.41) is 0.765. The molecule has 87 valence electrons. The molecule has 0 saturated heterocycles. The molecule has 0 fully saturated rings. The minimum Gasteiger partial charge on any atom is -0.0843 e. The Labute approximate surface area is 108 Å². The highest BCUT2D eigenvalue weighted by atomic mass is 35.5. The Morgan fingerprint density at radius 1 is 1.00 bits per heavy atom. The van der Waals surface area contributed by atoms with Gasteiger partial charge in [0.2, 0.25) is 0 Å². The molecule has 0 amide bonds. The molecule has 1 radical (unpaired) electrons. The second kappa shape index (κ2) is 4.54. The molecule has 0 heterocycles. The smallest absolute Gasteiger partial charge is 0.0406 e. The number of halogens is 1. The molecule has 0 aliphatic carbocycles. The fourth-order valence-electron chi connectivity index (χ4n) is 1.73. The lowest BCUT2D eigenvalue weighted by Gasteiger charge is -2.19. The number of hydrogen-bond donors (Lipinski definition) is 0. The van der Waals surface area contributed by atoms with E-state index in [0.29, 0.717) is 0 Å². The second-order valence-electron chi connectivity index (χ2n) is 5.25. The third-order valence-corrected chi connectivity index (χ3v) is 3.07. The Bertz CT molecular complexity index is 504. The van der Waals surface area contributed by atoms with Crippen LogP contribution in [0.1, 0.15) is 26.3 Å². The van der Waals surface area contributed by atoms with Gasteiger partial charge in [0.1, 0.15) is 0 Å². The molecule has 0 aliphatic heterocycles. The van der Waals surface area contributed by atoms with Gasteiger partial charge in [-0.1, -0.05) is 62.7 Å². The van der Waals surface area contributed by atoms with Crippen LogP contribution in [0.15, 0.2) is 42.5 Å². The third-order valence-electron chi connectivity index (χ3n) is 2.82. The number of benzene rings is 2. The first-order valence-electron chi connectivity index (χ1n) is 5.75. The molecule has 0 nitrogen and oxygen atoms in total. The topological polar surface area (TPSA) is 0 Å². The molecule has 0 unspecified atom stereocenters. The lowest BCUT2D eigenvalue weighted by Crippen LogP contribution is -2.10. The average molecular weight is 244 g/mol. The van der Waals surface area contributed by atoms with E-state index in [9.17, 15) is 0 Å². The first-order chi connectivity index (χ1) is 7.97. The zero-order valence-electron chi connectivity index (χ0n) is 10.4. The van der Waals surface area contributed by atoms with Crippen LogP contribution >= 0.6 is 11.6 Å². The van der Waals surface area contributed by atoms with E-state index in [0.717, 1.165) is 16.1 Å². The van der Waals surface area contributed by atoms with Crippen LogP contribution in [0.2, 0.25) is 5.02 Å². The summed E-state index contributed by atoms with van der Waals surface area (Å²) in [6.07, 6.45) is 0. The first kappa shape index (κ1) is 12.2. The van der Waals surface area contributed by atoms with Crippen molar-refractivity contribution in [3.63, 3.8) is 0 Å². The molecule has 17 heavy (non-hydrogen) atoms. The second-order valence-corrected chi connectivity index (χ2v) is 5.68. The summed E-state index contributed by atoms with van der Waals surface area (Å²) in [6.45, 7) is 6.65. The maximum absolute atomic E-state index is 5.89. The predicted octanol–water partition coefficient (Wildman–Crippen LogP) is 5.10. The summed E-state index contributed by atoms with van der Waals surface area (Å²) in [5.41, 5.74) is 3.76. The van der Waals surface area contributed by atoms with Crippen molar-refractivity contribution in [3.05, 3.63) is 59.1 Å². The molecule has 0 atom stereocenters. The minimum atomic E-state index is 0.163. The monoisotopic (exact) mass is 243 g/mol. The largest absolute Gasteiger partial charge is 0.0843 e. The van der Waals surface area contributed by atoms with Gasteiger partial charge in [0.15, 0.2) is 0 Å². The van der Waals surface area contributed by atoms with Crippen LogP contribution in [0, 0.1) is 6.07 Å². The van der Waals surface area contributed by atoms with Crippen LogP contribution in [0.5, 0.6) is 0 Å². The van der Waals surface area contributed by atoms with Gasteiger partial charge in [0.25, 0.3) is 0 Å². The molecular weight excluding hydrogens is 228 g/mol. The summed E-state index contributed by atoms with van der Waals surface area (Å²) in [5.74, 6) is 0. The number of rotatable bonds is 1. The fraction of sp³-hybridized carbons (Fsp3) is 0.250. The van der Waals surface area contributed by atoms with E-state index in [2.05, 4.69) is 39.0 Å².